The summed E-state index contributed by atoms with van der Waals surface area (Å²) in [5.41, 5.74) is 3.59. The summed E-state index contributed by atoms with van der Waals surface area (Å²) in [5.74, 6) is 1.41. The van der Waals surface area contributed by atoms with Crippen LogP contribution in [0.5, 0.6) is 5.75 Å². The summed E-state index contributed by atoms with van der Waals surface area (Å²) in [4.78, 5) is 12.7. The van der Waals surface area contributed by atoms with E-state index in [0.717, 1.165) is 50.1 Å². The van der Waals surface area contributed by atoms with Crippen molar-refractivity contribution in [2.24, 2.45) is 5.92 Å². The molecule has 0 spiro atoms. The molecular formula is C29H42N2O3. The van der Waals surface area contributed by atoms with Crippen molar-refractivity contribution < 1.29 is 14.6 Å². The number of aliphatic hydroxyl groups is 1. The van der Waals surface area contributed by atoms with Crippen LogP contribution in [0.25, 0.3) is 0 Å². The van der Waals surface area contributed by atoms with Gasteiger partial charge in [0.05, 0.1) is 6.10 Å². The van der Waals surface area contributed by atoms with Gasteiger partial charge < -0.3 is 24.9 Å². The van der Waals surface area contributed by atoms with Crippen LogP contribution in [0.1, 0.15) is 62.8 Å². The Balaban J connectivity index is 0.000000226. The molecule has 0 saturated carbocycles. The van der Waals surface area contributed by atoms with Crippen molar-refractivity contribution >= 4 is 6.29 Å². The Morgan fingerprint density at radius 3 is 2.15 bits per heavy atom. The maximum atomic E-state index is 10.6. The van der Waals surface area contributed by atoms with E-state index in [1.54, 1.807) is 0 Å². The van der Waals surface area contributed by atoms with E-state index in [1.165, 1.54) is 24.0 Å². The second-order valence-electron chi connectivity index (χ2n) is 10.6. The van der Waals surface area contributed by atoms with Gasteiger partial charge in [0.15, 0.2) is 0 Å². The second kappa shape index (κ2) is 12.5. The van der Waals surface area contributed by atoms with Gasteiger partial charge >= 0.3 is 0 Å². The van der Waals surface area contributed by atoms with Crippen LogP contribution >= 0.6 is 0 Å². The number of carbonyl (C=O) groups excluding carboxylic acids is 1. The summed E-state index contributed by atoms with van der Waals surface area (Å²) < 4.78 is 5.83. The Kier molecular flexibility index (Phi) is 9.69. The molecule has 34 heavy (non-hydrogen) atoms. The Hall–Kier alpha value is -2.21. The molecule has 2 aliphatic rings. The lowest BCUT2D eigenvalue weighted by molar-refractivity contribution is -0.108. The summed E-state index contributed by atoms with van der Waals surface area (Å²) in [6.07, 6.45) is 5.97. The van der Waals surface area contributed by atoms with Crippen molar-refractivity contribution in [2.45, 2.75) is 70.6 Å². The number of carbonyl (C=O) groups is 1. The highest BCUT2D eigenvalue weighted by Gasteiger charge is 2.24. The maximum absolute atomic E-state index is 10.6. The van der Waals surface area contributed by atoms with Crippen LogP contribution in [0.15, 0.2) is 48.5 Å². The van der Waals surface area contributed by atoms with Crippen LogP contribution < -0.4 is 10.1 Å². The minimum atomic E-state index is -0.505. The van der Waals surface area contributed by atoms with Crippen molar-refractivity contribution in [3.63, 3.8) is 0 Å². The Labute approximate surface area is 205 Å². The summed E-state index contributed by atoms with van der Waals surface area (Å²) in [6.45, 7) is 9.26. The zero-order valence-corrected chi connectivity index (χ0v) is 21.3. The van der Waals surface area contributed by atoms with Gasteiger partial charge in [0.2, 0.25) is 0 Å². The zero-order chi connectivity index (χ0) is 24.6. The monoisotopic (exact) mass is 466 g/mol. The van der Waals surface area contributed by atoms with Crippen molar-refractivity contribution in [3.8, 4) is 5.75 Å². The van der Waals surface area contributed by atoms with E-state index < -0.39 is 6.10 Å². The lowest BCUT2D eigenvalue weighted by Gasteiger charge is -2.28. The minimum Gasteiger partial charge on any atom is -0.488 e. The number of aldehydes is 1. The number of aliphatic hydroxyl groups excluding tert-OH is 1. The average molecular weight is 467 g/mol. The number of likely N-dealkylation sites (N-methyl/N-ethyl adjacent to an activating group) is 1. The molecule has 1 heterocycles. The van der Waals surface area contributed by atoms with Crippen LogP contribution in [0.4, 0.5) is 0 Å². The SMILES string of the molecule is CNC(CN1CCCC1)C(O)c1ccc(OC(C)(C)C)cc1.O=CCC1Cc2ccccc2C1. The summed E-state index contributed by atoms with van der Waals surface area (Å²) in [7, 11) is 1.92. The van der Waals surface area contributed by atoms with E-state index in [4.69, 9.17) is 4.74 Å². The lowest BCUT2D eigenvalue weighted by atomic mass is 10.0. The largest absolute Gasteiger partial charge is 0.488 e. The molecule has 0 bridgehead atoms. The number of hydrogen-bond donors (Lipinski definition) is 2. The number of fused-ring (bicyclic) bond motifs is 1. The van der Waals surface area contributed by atoms with Gasteiger partial charge in [-0.05, 0) is 101 Å². The Morgan fingerprint density at radius 1 is 1.06 bits per heavy atom. The maximum Gasteiger partial charge on any atom is 0.120 e. The van der Waals surface area contributed by atoms with Gasteiger partial charge in [-0.3, -0.25) is 0 Å². The van der Waals surface area contributed by atoms with Gasteiger partial charge in [0.1, 0.15) is 17.6 Å². The van der Waals surface area contributed by atoms with Crippen molar-refractivity contribution in [1.29, 1.82) is 0 Å². The topological polar surface area (TPSA) is 61.8 Å². The lowest BCUT2D eigenvalue weighted by Crippen LogP contribution is -2.42. The number of hydrogen-bond acceptors (Lipinski definition) is 5. The molecule has 1 aliphatic heterocycles. The Bertz CT molecular complexity index is 860. The zero-order valence-electron chi connectivity index (χ0n) is 21.3. The summed E-state index contributed by atoms with van der Waals surface area (Å²) in [5, 5.41) is 13.9. The third-order valence-electron chi connectivity index (χ3n) is 6.62. The van der Waals surface area contributed by atoms with E-state index in [1.807, 2.05) is 52.1 Å². The molecule has 0 amide bonds. The highest BCUT2D eigenvalue weighted by Crippen LogP contribution is 2.27. The molecule has 2 aromatic carbocycles. The first-order valence-corrected chi connectivity index (χ1v) is 12.7. The third kappa shape index (κ3) is 7.93. The smallest absolute Gasteiger partial charge is 0.120 e. The number of rotatable bonds is 8. The van der Waals surface area contributed by atoms with Crippen molar-refractivity contribution in [3.05, 3.63) is 65.2 Å². The first kappa shape index (κ1) is 26.4. The predicted octanol–water partition coefficient (Wildman–Crippen LogP) is 4.57. The average Bonchev–Trinajstić information content (AvgIpc) is 3.46. The van der Waals surface area contributed by atoms with Gasteiger partial charge in [-0.25, -0.2) is 0 Å². The first-order valence-electron chi connectivity index (χ1n) is 12.7. The highest BCUT2D eigenvalue weighted by atomic mass is 16.5. The predicted molar refractivity (Wildman–Crippen MR) is 138 cm³/mol. The van der Waals surface area contributed by atoms with Crippen LogP contribution in [0.2, 0.25) is 0 Å². The number of nitrogens with zero attached hydrogens (tertiary/aromatic N) is 1. The van der Waals surface area contributed by atoms with E-state index >= 15 is 0 Å². The molecule has 186 valence electrons. The number of likely N-dealkylation sites (tertiary alicyclic amines) is 1. The molecule has 5 nitrogen and oxygen atoms in total. The molecule has 2 aromatic rings. The summed E-state index contributed by atoms with van der Waals surface area (Å²) >= 11 is 0. The minimum absolute atomic E-state index is 0.0486. The van der Waals surface area contributed by atoms with Gasteiger partial charge in [0.25, 0.3) is 0 Å². The number of benzene rings is 2. The molecule has 1 aliphatic carbocycles. The van der Waals surface area contributed by atoms with E-state index in [0.29, 0.717) is 12.3 Å². The normalized spacial score (nSPS) is 18.0. The van der Waals surface area contributed by atoms with Crippen LogP contribution in [0.3, 0.4) is 0 Å². The molecule has 2 atom stereocenters. The molecule has 1 saturated heterocycles. The van der Waals surface area contributed by atoms with Crippen molar-refractivity contribution in [2.75, 3.05) is 26.7 Å². The van der Waals surface area contributed by atoms with Crippen molar-refractivity contribution in [1.82, 2.24) is 10.2 Å². The van der Waals surface area contributed by atoms with Crippen LogP contribution in [0, 0.1) is 5.92 Å². The molecular weight excluding hydrogens is 424 g/mol. The Morgan fingerprint density at radius 2 is 1.65 bits per heavy atom. The molecule has 0 aromatic heterocycles. The van der Waals surface area contributed by atoms with E-state index in [9.17, 15) is 9.90 Å². The molecule has 4 rings (SSSR count). The molecule has 5 heteroatoms. The molecule has 2 unspecified atom stereocenters. The summed E-state index contributed by atoms with van der Waals surface area (Å²) in [6, 6.07) is 16.3. The fourth-order valence-electron chi connectivity index (χ4n) is 4.86. The number of ether oxygens (including phenoxy) is 1. The first-order chi connectivity index (χ1) is 16.3. The van der Waals surface area contributed by atoms with E-state index in [-0.39, 0.29) is 11.6 Å². The van der Waals surface area contributed by atoms with E-state index in [2.05, 4.69) is 34.5 Å². The fraction of sp³-hybridized carbons (Fsp3) is 0.552. The van der Waals surface area contributed by atoms with Crippen LogP contribution in [-0.2, 0) is 17.6 Å². The van der Waals surface area contributed by atoms with Gasteiger partial charge in [0, 0.05) is 19.0 Å². The second-order valence-corrected chi connectivity index (χ2v) is 10.6. The fourth-order valence-corrected chi connectivity index (χ4v) is 4.86. The highest BCUT2D eigenvalue weighted by molar-refractivity contribution is 5.51. The standard InChI is InChI=1S/C18H30N2O2.C11H12O/c1-18(2,3)22-15-9-7-14(8-10-15)17(21)16(19-4)13-20-11-5-6-12-20;12-6-5-9-7-10-3-1-2-4-11(10)8-9/h7-10,16-17,19,21H,5-6,11-13H2,1-4H3;1-4,6,9H,5,7-8H2. The van der Waals surface area contributed by atoms with Crippen LogP contribution in [-0.4, -0.2) is 54.6 Å². The van der Waals surface area contributed by atoms with Gasteiger partial charge in [-0.1, -0.05) is 36.4 Å². The third-order valence-corrected chi connectivity index (χ3v) is 6.62. The molecule has 0 radical (unpaired) electrons. The molecule has 2 N–H and O–H groups in total. The van der Waals surface area contributed by atoms with Gasteiger partial charge in [-0.2, -0.15) is 0 Å². The van der Waals surface area contributed by atoms with Gasteiger partial charge in [-0.15, -0.1) is 0 Å². The number of nitrogens with one attached hydrogen (secondary N) is 1. The molecule has 1 fully saturated rings. The quantitative estimate of drug-likeness (QED) is 0.558.